The molecule has 1 spiro atoms. The summed E-state index contributed by atoms with van der Waals surface area (Å²) < 4.78 is 5.40. The van der Waals surface area contributed by atoms with Gasteiger partial charge in [-0.25, -0.2) is 0 Å². The number of hydrogen-bond donors (Lipinski definition) is 2. The van der Waals surface area contributed by atoms with Crippen LogP contribution in [-0.2, 0) is 4.74 Å². The summed E-state index contributed by atoms with van der Waals surface area (Å²) in [5.74, 6) is 0. The zero-order chi connectivity index (χ0) is 6.32. The van der Waals surface area contributed by atoms with Crippen LogP contribution in [0.4, 0.5) is 0 Å². The van der Waals surface area contributed by atoms with E-state index in [2.05, 4.69) is 5.32 Å². The molecule has 2 aliphatic rings. The Labute approximate surface area is 54.6 Å². The lowest BCUT2D eigenvalue weighted by Crippen LogP contribution is -2.56. The van der Waals surface area contributed by atoms with E-state index in [1.165, 1.54) is 0 Å². The molecule has 9 heavy (non-hydrogen) atoms. The van der Waals surface area contributed by atoms with Gasteiger partial charge in [0.25, 0.3) is 0 Å². The average Bonchev–Trinajstić information content (AvgIpc) is 2.07. The second-order valence-corrected chi connectivity index (χ2v) is 2.90. The van der Waals surface area contributed by atoms with Crippen LogP contribution in [0.1, 0.15) is 6.42 Å². The highest BCUT2D eigenvalue weighted by molar-refractivity contribution is 5.04. The lowest BCUT2D eigenvalue weighted by molar-refractivity contribution is -0.140. The number of nitrogens with two attached hydrogens (primary N) is 1. The molecule has 2 unspecified atom stereocenters. The molecule has 3 nitrogen and oxygen atoms in total. The molecule has 2 rings (SSSR count). The molecule has 2 fully saturated rings. The van der Waals surface area contributed by atoms with Crippen molar-refractivity contribution in [2.75, 3.05) is 19.7 Å². The Bertz CT molecular complexity index is 122. The van der Waals surface area contributed by atoms with E-state index in [0.29, 0.717) is 0 Å². The Morgan fingerprint density at radius 2 is 2.44 bits per heavy atom. The van der Waals surface area contributed by atoms with Crippen molar-refractivity contribution in [1.29, 1.82) is 0 Å². The minimum atomic E-state index is 0.0417. The van der Waals surface area contributed by atoms with Crippen molar-refractivity contribution in [2.45, 2.75) is 18.1 Å². The fraction of sp³-hybridized carbons (Fsp3) is 1.00. The first-order valence-electron chi connectivity index (χ1n) is 3.44. The summed E-state index contributed by atoms with van der Waals surface area (Å²) in [6.07, 6.45) is 1.14. The summed E-state index contributed by atoms with van der Waals surface area (Å²) in [5.41, 5.74) is 5.83. The molecule has 0 radical (unpaired) electrons. The van der Waals surface area contributed by atoms with E-state index in [0.717, 1.165) is 26.1 Å². The van der Waals surface area contributed by atoms with Crippen LogP contribution in [-0.4, -0.2) is 31.3 Å². The van der Waals surface area contributed by atoms with Gasteiger partial charge in [0.2, 0.25) is 0 Å². The third kappa shape index (κ3) is 0.625. The van der Waals surface area contributed by atoms with Crippen LogP contribution in [0.25, 0.3) is 0 Å². The van der Waals surface area contributed by atoms with E-state index >= 15 is 0 Å². The predicted molar refractivity (Wildman–Crippen MR) is 34.1 cm³/mol. The molecule has 0 amide bonds. The SMILES string of the molecule is NC1CNCC12CCO2. The highest BCUT2D eigenvalue weighted by Crippen LogP contribution is 2.30. The Morgan fingerprint density at radius 1 is 1.67 bits per heavy atom. The third-order valence-corrected chi connectivity index (χ3v) is 2.38. The minimum Gasteiger partial charge on any atom is -0.372 e. The highest BCUT2D eigenvalue weighted by atomic mass is 16.5. The van der Waals surface area contributed by atoms with Gasteiger partial charge >= 0.3 is 0 Å². The monoisotopic (exact) mass is 128 g/mol. The van der Waals surface area contributed by atoms with Gasteiger partial charge in [-0.15, -0.1) is 0 Å². The molecule has 0 aliphatic carbocycles. The molecule has 3 N–H and O–H groups in total. The van der Waals surface area contributed by atoms with Crippen molar-refractivity contribution in [3.05, 3.63) is 0 Å². The normalized spacial score (nSPS) is 49.7. The Kier molecular flexibility index (Phi) is 1.06. The summed E-state index contributed by atoms with van der Waals surface area (Å²) >= 11 is 0. The smallest absolute Gasteiger partial charge is 0.0990 e. The molecule has 0 aromatic rings. The lowest BCUT2D eigenvalue weighted by Gasteiger charge is -2.41. The average molecular weight is 128 g/mol. The summed E-state index contributed by atoms with van der Waals surface area (Å²) in [7, 11) is 0. The number of nitrogens with one attached hydrogen (secondary N) is 1. The molecule has 0 aromatic heterocycles. The van der Waals surface area contributed by atoms with Crippen molar-refractivity contribution < 1.29 is 4.74 Å². The summed E-state index contributed by atoms with van der Waals surface area (Å²) in [5, 5.41) is 3.21. The number of hydrogen-bond acceptors (Lipinski definition) is 3. The fourth-order valence-electron chi connectivity index (χ4n) is 1.55. The predicted octanol–water partition coefficient (Wildman–Crippen LogP) is -0.924. The van der Waals surface area contributed by atoms with E-state index in [-0.39, 0.29) is 11.6 Å². The number of ether oxygens (including phenoxy) is 1. The quantitative estimate of drug-likeness (QED) is 0.443. The van der Waals surface area contributed by atoms with Crippen molar-refractivity contribution >= 4 is 0 Å². The van der Waals surface area contributed by atoms with Crippen LogP contribution in [0.2, 0.25) is 0 Å². The van der Waals surface area contributed by atoms with Gasteiger partial charge in [-0.1, -0.05) is 0 Å². The summed E-state index contributed by atoms with van der Waals surface area (Å²) in [6, 6.07) is 0.228. The first-order valence-corrected chi connectivity index (χ1v) is 3.44. The van der Waals surface area contributed by atoms with E-state index in [1.54, 1.807) is 0 Å². The van der Waals surface area contributed by atoms with Gasteiger partial charge in [-0.3, -0.25) is 0 Å². The molecule has 2 saturated heterocycles. The first kappa shape index (κ1) is 5.65. The topological polar surface area (TPSA) is 47.3 Å². The van der Waals surface area contributed by atoms with Crippen molar-refractivity contribution in [3.8, 4) is 0 Å². The van der Waals surface area contributed by atoms with Gasteiger partial charge in [-0.05, 0) is 0 Å². The third-order valence-electron chi connectivity index (χ3n) is 2.38. The van der Waals surface area contributed by atoms with Gasteiger partial charge in [-0.2, -0.15) is 0 Å². The van der Waals surface area contributed by atoms with Crippen LogP contribution in [0.15, 0.2) is 0 Å². The van der Waals surface area contributed by atoms with Crippen molar-refractivity contribution in [2.24, 2.45) is 5.73 Å². The lowest BCUT2D eigenvalue weighted by atomic mass is 9.90. The van der Waals surface area contributed by atoms with Crippen molar-refractivity contribution in [3.63, 3.8) is 0 Å². The summed E-state index contributed by atoms with van der Waals surface area (Å²) in [4.78, 5) is 0. The number of rotatable bonds is 0. The van der Waals surface area contributed by atoms with E-state index in [1.807, 2.05) is 0 Å². The Balaban J connectivity index is 2.09. The second-order valence-electron chi connectivity index (χ2n) is 2.90. The largest absolute Gasteiger partial charge is 0.372 e. The minimum absolute atomic E-state index is 0.0417. The zero-order valence-electron chi connectivity index (χ0n) is 5.39. The molecular formula is C6H12N2O. The molecule has 2 heterocycles. The second kappa shape index (κ2) is 1.68. The Morgan fingerprint density at radius 3 is 2.67 bits per heavy atom. The maximum absolute atomic E-state index is 5.79. The fourth-order valence-corrected chi connectivity index (χ4v) is 1.55. The molecule has 52 valence electrons. The van der Waals surface area contributed by atoms with E-state index in [4.69, 9.17) is 10.5 Å². The molecule has 0 bridgehead atoms. The van der Waals surface area contributed by atoms with E-state index in [9.17, 15) is 0 Å². The van der Waals surface area contributed by atoms with Crippen LogP contribution in [0, 0.1) is 0 Å². The maximum Gasteiger partial charge on any atom is 0.0990 e. The zero-order valence-corrected chi connectivity index (χ0v) is 5.39. The van der Waals surface area contributed by atoms with Gasteiger partial charge in [0.05, 0.1) is 12.2 Å². The van der Waals surface area contributed by atoms with Crippen LogP contribution in [0.3, 0.4) is 0 Å². The standard InChI is InChI=1S/C6H12N2O/c7-5-3-8-4-6(5)1-2-9-6/h5,8H,1-4,7H2. The van der Waals surface area contributed by atoms with Crippen molar-refractivity contribution in [1.82, 2.24) is 5.32 Å². The van der Waals surface area contributed by atoms with Crippen LogP contribution in [0.5, 0.6) is 0 Å². The highest BCUT2D eigenvalue weighted by Gasteiger charge is 2.47. The van der Waals surface area contributed by atoms with Crippen LogP contribution < -0.4 is 11.1 Å². The first-order chi connectivity index (χ1) is 4.33. The Hall–Kier alpha value is -0.120. The van der Waals surface area contributed by atoms with Gasteiger partial charge < -0.3 is 15.8 Å². The van der Waals surface area contributed by atoms with Gasteiger partial charge in [0.1, 0.15) is 0 Å². The maximum atomic E-state index is 5.79. The molecule has 0 aromatic carbocycles. The van der Waals surface area contributed by atoms with Gasteiger partial charge in [0.15, 0.2) is 0 Å². The molecule has 2 aliphatic heterocycles. The summed E-state index contributed by atoms with van der Waals surface area (Å²) in [6.45, 7) is 2.77. The molecule has 0 saturated carbocycles. The molecule has 2 atom stereocenters. The van der Waals surface area contributed by atoms with E-state index < -0.39 is 0 Å². The van der Waals surface area contributed by atoms with Gasteiger partial charge in [0, 0.05) is 25.6 Å². The molecular weight excluding hydrogens is 116 g/mol. The van der Waals surface area contributed by atoms with Crippen LogP contribution >= 0.6 is 0 Å². The molecule has 3 heteroatoms.